The third kappa shape index (κ3) is 3.37. The number of benzene rings is 2. The highest BCUT2D eigenvalue weighted by molar-refractivity contribution is 6.33. The Morgan fingerprint density at radius 2 is 1.65 bits per heavy atom. The molecule has 0 N–H and O–H groups in total. The minimum Gasteiger partial charge on any atom is -0.329 e. The molecule has 0 radical (unpaired) electrons. The van der Waals surface area contributed by atoms with E-state index >= 15 is 0 Å². The molecule has 2 amide bonds. The van der Waals surface area contributed by atoms with Crippen LogP contribution in [0, 0.1) is 0 Å². The molecule has 1 aliphatic heterocycles. The van der Waals surface area contributed by atoms with Gasteiger partial charge >= 0.3 is 0 Å². The molecule has 0 aromatic heterocycles. The maximum absolute atomic E-state index is 12.6. The lowest BCUT2D eigenvalue weighted by Crippen LogP contribution is -2.39. The molecule has 1 fully saturated rings. The lowest BCUT2D eigenvalue weighted by atomic mass is 10.2. The summed E-state index contributed by atoms with van der Waals surface area (Å²) in [6.45, 7) is 1.22. The van der Waals surface area contributed by atoms with E-state index in [1.165, 1.54) is 0 Å². The number of hydrogen-bond donors (Lipinski definition) is 0. The smallest absolute Gasteiger partial charge is 0.255 e. The number of carbonyl (C=O) groups excluding carboxylic acids is 2. The molecule has 0 spiro atoms. The molecule has 2 aromatic carbocycles. The molecule has 23 heavy (non-hydrogen) atoms. The zero-order valence-electron chi connectivity index (χ0n) is 12.6. The Balaban J connectivity index is 1.79. The zero-order chi connectivity index (χ0) is 16.2. The largest absolute Gasteiger partial charge is 0.329 e. The van der Waals surface area contributed by atoms with Crippen LogP contribution in [0.3, 0.4) is 0 Å². The molecule has 0 saturated carbocycles. The number of nitrogens with zero attached hydrogens (tertiary/aromatic N) is 2. The minimum atomic E-state index is -0.195. The fraction of sp³-hybridized carbons (Fsp3) is 0.222. The third-order valence-electron chi connectivity index (χ3n) is 3.90. The fourth-order valence-corrected chi connectivity index (χ4v) is 2.95. The van der Waals surface area contributed by atoms with Crippen LogP contribution in [0.15, 0.2) is 54.6 Å². The summed E-state index contributed by atoms with van der Waals surface area (Å²) in [4.78, 5) is 28.5. The summed E-state index contributed by atoms with van der Waals surface area (Å²) in [7, 11) is 0. The Morgan fingerprint density at radius 3 is 2.39 bits per heavy atom. The summed E-state index contributed by atoms with van der Waals surface area (Å²) in [5.41, 5.74) is 1.31. The van der Waals surface area contributed by atoms with Crippen molar-refractivity contribution >= 4 is 29.1 Å². The summed E-state index contributed by atoms with van der Waals surface area (Å²) < 4.78 is 0. The Labute approximate surface area is 140 Å². The summed E-state index contributed by atoms with van der Waals surface area (Å²) >= 11 is 6.10. The van der Waals surface area contributed by atoms with Crippen LogP contribution in [0.1, 0.15) is 16.8 Å². The topological polar surface area (TPSA) is 40.6 Å². The van der Waals surface area contributed by atoms with Crippen molar-refractivity contribution in [3.05, 3.63) is 65.2 Å². The second kappa shape index (κ2) is 6.84. The van der Waals surface area contributed by atoms with Gasteiger partial charge in [0, 0.05) is 18.8 Å². The molecule has 3 rings (SSSR count). The fourth-order valence-electron chi connectivity index (χ4n) is 2.73. The van der Waals surface area contributed by atoms with Crippen molar-refractivity contribution in [3.8, 4) is 0 Å². The standard InChI is InChI=1S/C18H17ClN2O2/c19-16-10-5-4-9-15(16)18(23)20-11-6-12-21(17(22)13-20)14-7-2-1-3-8-14/h1-5,7-10H,6,11-13H2. The normalized spacial score (nSPS) is 15.4. The van der Waals surface area contributed by atoms with Crippen LogP contribution < -0.4 is 4.90 Å². The predicted octanol–water partition coefficient (Wildman–Crippen LogP) is 3.22. The highest BCUT2D eigenvalue weighted by atomic mass is 35.5. The van der Waals surface area contributed by atoms with Gasteiger partial charge in [0.05, 0.1) is 10.6 Å². The minimum absolute atomic E-state index is 0.0684. The first kappa shape index (κ1) is 15.6. The first-order chi connectivity index (χ1) is 11.2. The van der Waals surface area contributed by atoms with E-state index in [9.17, 15) is 9.59 Å². The number of hydrogen-bond acceptors (Lipinski definition) is 2. The average Bonchev–Trinajstić information content (AvgIpc) is 2.77. The molecule has 4 nitrogen and oxygen atoms in total. The van der Waals surface area contributed by atoms with Gasteiger partial charge in [0.15, 0.2) is 0 Å². The molecule has 1 heterocycles. The van der Waals surface area contributed by atoms with Crippen LogP contribution in [-0.2, 0) is 4.79 Å². The van der Waals surface area contributed by atoms with E-state index in [0.29, 0.717) is 23.7 Å². The Morgan fingerprint density at radius 1 is 0.957 bits per heavy atom. The number of amides is 2. The van der Waals surface area contributed by atoms with Gasteiger partial charge in [-0.1, -0.05) is 41.9 Å². The van der Waals surface area contributed by atoms with Gasteiger partial charge in [-0.3, -0.25) is 9.59 Å². The SMILES string of the molecule is O=C(c1ccccc1Cl)N1CCCN(c2ccccc2)C(=O)C1. The Kier molecular flexibility index (Phi) is 4.63. The van der Waals surface area contributed by atoms with Gasteiger partial charge in [-0.15, -0.1) is 0 Å². The molecular formula is C18H17ClN2O2. The molecule has 0 bridgehead atoms. The summed E-state index contributed by atoms with van der Waals surface area (Å²) in [6, 6.07) is 16.5. The van der Waals surface area contributed by atoms with Crippen molar-refractivity contribution in [1.29, 1.82) is 0 Å². The van der Waals surface area contributed by atoms with Crippen molar-refractivity contribution in [2.75, 3.05) is 24.5 Å². The number of anilines is 1. The summed E-state index contributed by atoms with van der Waals surface area (Å²) in [5, 5.41) is 0.411. The van der Waals surface area contributed by atoms with Crippen molar-refractivity contribution < 1.29 is 9.59 Å². The summed E-state index contributed by atoms with van der Waals surface area (Å²) in [6.07, 6.45) is 0.733. The maximum Gasteiger partial charge on any atom is 0.255 e. The molecule has 1 aliphatic rings. The number of para-hydroxylation sites is 1. The van der Waals surface area contributed by atoms with Gasteiger partial charge < -0.3 is 9.80 Å². The van der Waals surface area contributed by atoms with Gasteiger partial charge in [-0.05, 0) is 30.7 Å². The van der Waals surface area contributed by atoms with E-state index in [4.69, 9.17) is 11.6 Å². The van der Waals surface area contributed by atoms with E-state index in [-0.39, 0.29) is 18.4 Å². The number of carbonyl (C=O) groups is 2. The van der Waals surface area contributed by atoms with E-state index in [1.807, 2.05) is 30.3 Å². The van der Waals surface area contributed by atoms with Gasteiger partial charge in [0.2, 0.25) is 5.91 Å². The molecule has 118 valence electrons. The second-order valence-corrected chi connectivity index (χ2v) is 5.85. The molecular weight excluding hydrogens is 312 g/mol. The molecule has 2 aromatic rings. The maximum atomic E-state index is 12.6. The van der Waals surface area contributed by atoms with Crippen molar-refractivity contribution in [2.45, 2.75) is 6.42 Å². The molecule has 5 heteroatoms. The highest BCUT2D eigenvalue weighted by Crippen LogP contribution is 2.20. The first-order valence-electron chi connectivity index (χ1n) is 7.56. The van der Waals surface area contributed by atoms with Crippen LogP contribution in [0.4, 0.5) is 5.69 Å². The molecule has 0 atom stereocenters. The van der Waals surface area contributed by atoms with Gasteiger partial charge in [0.1, 0.15) is 6.54 Å². The van der Waals surface area contributed by atoms with Crippen LogP contribution >= 0.6 is 11.6 Å². The van der Waals surface area contributed by atoms with Crippen LogP contribution in [0.2, 0.25) is 5.02 Å². The Hall–Kier alpha value is -2.33. The van der Waals surface area contributed by atoms with Gasteiger partial charge in [0.25, 0.3) is 5.91 Å². The third-order valence-corrected chi connectivity index (χ3v) is 4.23. The zero-order valence-corrected chi connectivity index (χ0v) is 13.4. The van der Waals surface area contributed by atoms with Crippen molar-refractivity contribution in [3.63, 3.8) is 0 Å². The lowest BCUT2D eigenvalue weighted by Gasteiger charge is -2.22. The Bertz CT molecular complexity index is 718. The van der Waals surface area contributed by atoms with E-state index < -0.39 is 0 Å². The number of rotatable bonds is 2. The van der Waals surface area contributed by atoms with E-state index in [2.05, 4.69) is 0 Å². The van der Waals surface area contributed by atoms with Crippen molar-refractivity contribution in [2.24, 2.45) is 0 Å². The highest BCUT2D eigenvalue weighted by Gasteiger charge is 2.27. The first-order valence-corrected chi connectivity index (χ1v) is 7.94. The monoisotopic (exact) mass is 328 g/mol. The summed E-state index contributed by atoms with van der Waals surface area (Å²) in [5.74, 6) is -0.270. The van der Waals surface area contributed by atoms with E-state index in [1.54, 1.807) is 34.1 Å². The van der Waals surface area contributed by atoms with Crippen LogP contribution in [-0.4, -0.2) is 36.3 Å². The quantitative estimate of drug-likeness (QED) is 0.849. The van der Waals surface area contributed by atoms with Crippen LogP contribution in [0.25, 0.3) is 0 Å². The molecule has 0 aliphatic carbocycles. The number of halogens is 1. The van der Waals surface area contributed by atoms with Gasteiger partial charge in [-0.25, -0.2) is 0 Å². The second-order valence-electron chi connectivity index (χ2n) is 5.44. The van der Waals surface area contributed by atoms with E-state index in [0.717, 1.165) is 12.1 Å². The average molecular weight is 329 g/mol. The van der Waals surface area contributed by atoms with Crippen molar-refractivity contribution in [1.82, 2.24) is 4.90 Å². The van der Waals surface area contributed by atoms with Gasteiger partial charge in [-0.2, -0.15) is 0 Å². The predicted molar refractivity (Wildman–Crippen MR) is 90.8 cm³/mol. The van der Waals surface area contributed by atoms with Crippen LogP contribution in [0.5, 0.6) is 0 Å². The molecule has 0 unspecified atom stereocenters. The lowest BCUT2D eigenvalue weighted by molar-refractivity contribution is -0.118. The molecule has 1 saturated heterocycles.